The number of carbonyl (C=O) groups excluding carboxylic acids is 2. The first-order valence-electron chi connectivity index (χ1n) is 6.42. The van der Waals surface area contributed by atoms with Gasteiger partial charge in [0.15, 0.2) is 11.3 Å². The number of pyridine rings is 1. The number of ether oxygens (including phenoxy) is 2. The van der Waals surface area contributed by atoms with E-state index in [0.717, 1.165) is 0 Å². The number of nitrogens with zero attached hydrogens (tertiary/aromatic N) is 2. The Balaban J connectivity index is 1.88. The largest absolute Gasteiger partial charge is 0.467 e. The number of anilines is 1. The summed E-state index contributed by atoms with van der Waals surface area (Å²) in [6, 6.07) is 3.35. The Kier molecular flexibility index (Phi) is 5.49. The third kappa shape index (κ3) is 4.38. The van der Waals surface area contributed by atoms with Gasteiger partial charge in [-0.3, -0.25) is 9.69 Å². The van der Waals surface area contributed by atoms with Crippen LogP contribution in [-0.2, 0) is 19.1 Å². The molecule has 1 atom stereocenters. The number of morpholine rings is 1. The quantitative estimate of drug-likeness (QED) is 0.646. The minimum atomic E-state index is -0.654. The molecule has 21 heavy (non-hydrogen) atoms. The maximum Gasteiger partial charge on any atom is 0.336 e. The first-order chi connectivity index (χ1) is 10.1. The zero-order valence-corrected chi connectivity index (χ0v) is 12.3. The number of esters is 1. The fourth-order valence-electron chi connectivity index (χ4n) is 1.99. The van der Waals surface area contributed by atoms with Gasteiger partial charge < -0.3 is 14.8 Å². The van der Waals surface area contributed by atoms with Crippen LogP contribution in [0.2, 0.25) is 5.15 Å². The molecule has 7 nitrogen and oxygen atoms in total. The van der Waals surface area contributed by atoms with Crippen LogP contribution >= 0.6 is 11.6 Å². The zero-order chi connectivity index (χ0) is 15.2. The minimum absolute atomic E-state index is 0.141. The molecule has 8 heteroatoms. The SMILES string of the molecule is COC(=O)C1CN(CC(=O)Nc2cccnc2Cl)CCO1. The van der Waals surface area contributed by atoms with Crippen LogP contribution < -0.4 is 5.32 Å². The maximum atomic E-state index is 12.0. The summed E-state index contributed by atoms with van der Waals surface area (Å²) in [6.07, 6.45) is 0.888. The molecule has 0 bridgehead atoms. The van der Waals surface area contributed by atoms with Crippen LogP contribution in [0.25, 0.3) is 0 Å². The van der Waals surface area contributed by atoms with Gasteiger partial charge in [0.05, 0.1) is 25.9 Å². The number of rotatable bonds is 4. The number of hydrogen-bond donors (Lipinski definition) is 1. The third-order valence-electron chi connectivity index (χ3n) is 3.02. The van der Waals surface area contributed by atoms with Crippen molar-refractivity contribution in [3.05, 3.63) is 23.5 Å². The predicted octanol–water partition coefficient (Wildman–Crippen LogP) is 0.547. The van der Waals surface area contributed by atoms with E-state index in [1.807, 2.05) is 4.90 Å². The van der Waals surface area contributed by atoms with E-state index in [0.29, 0.717) is 25.4 Å². The van der Waals surface area contributed by atoms with Crippen molar-refractivity contribution in [1.82, 2.24) is 9.88 Å². The van der Waals surface area contributed by atoms with Gasteiger partial charge in [0.25, 0.3) is 0 Å². The van der Waals surface area contributed by atoms with Gasteiger partial charge in [0, 0.05) is 19.3 Å². The zero-order valence-electron chi connectivity index (χ0n) is 11.5. The van der Waals surface area contributed by atoms with E-state index in [1.165, 1.54) is 7.11 Å². The van der Waals surface area contributed by atoms with E-state index in [-0.39, 0.29) is 17.6 Å². The number of hydrogen-bond acceptors (Lipinski definition) is 6. The Bertz CT molecular complexity index is 526. The van der Waals surface area contributed by atoms with Crippen LogP contribution in [-0.4, -0.2) is 61.2 Å². The molecule has 0 aliphatic carbocycles. The van der Waals surface area contributed by atoms with Crippen molar-refractivity contribution in [3.63, 3.8) is 0 Å². The lowest BCUT2D eigenvalue weighted by Gasteiger charge is -2.30. The highest BCUT2D eigenvalue weighted by Crippen LogP contribution is 2.17. The van der Waals surface area contributed by atoms with Gasteiger partial charge in [-0.1, -0.05) is 11.6 Å². The highest BCUT2D eigenvalue weighted by atomic mass is 35.5. The first kappa shape index (κ1) is 15.7. The molecule has 2 rings (SSSR count). The highest BCUT2D eigenvalue weighted by Gasteiger charge is 2.28. The molecule has 1 aliphatic heterocycles. The summed E-state index contributed by atoms with van der Waals surface area (Å²) < 4.78 is 9.94. The van der Waals surface area contributed by atoms with Crippen molar-refractivity contribution in [2.45, 2.75) is 6.10 Å². The molecule has 2 heterocycles. The topological polar surface area (TPSA) is 80.8 Å². The molecule has 1 fully saturated rings. The molecular formula is C13H16ClN3O4. The second-order valence-corrected chi connectivity index (χ2v) is 4.87. The van der Waals surface area contributed by atoms with Gasteiger partial charge in [-0.2, -0.15) is 0 Å². The summed E-state index contributed by atoms with van der Waals surface area (Å²) >= 11 is 5.87. The predicted molar refractivity (Wildman–Crippen MR) is 76.1 cm³/mol. The minimum Gasteiger partial charge on any atom is -0.467 e. The average molecular weight is 314 g/mol. The summed E-state index contributed by atoms with van der Waals surface area (Å²) in [4.78, 5) is 29.1. The molecule has 114 valence electrons. The molecule has 1 unspecified atom stereocenters. The van der Waals surface area contributed by atoms with Gasteiger partial charge in [-0.05, 0) is 12.1 Å². The average Bonchev–Trinajstić information content (AvgIpc) is 2.49. The Morgan fingerprint density at radius 1 is 1.62 bits per heavy atom. The molecule has 1 aliphatic rings. The van der Waals surface area contributed by atoms with Crippen molar-refractivity contribution in [3.8, 4) is 0 Å². The fraction of sp³-hybridized carbons (Fsp3) is 0.462. The molecule has 0 radical (unpaired) electrons. The van der Waals surface area contributed by atoms with Crippen molar-refractivity contribution in [2.75, 3.05) is 38.7 Å². The van der Waals surface area contributed by atoms with Gasteiger partial charge >= 0.3 is 5.97 Å². The van der Waals surface area contributed by atoms with E-state index < -0.39 is 12.1 Å². The number of amides is 1. The van der Waals surface area contributed by atoms with Crippen LogP contribution in [0.1, 0.15) is 0 Å². The van der Waals surface area contributed by atoms with Crippen LogP contribution in [0.5, 0.6) is 0 Å². The summed E-state index contributed by atoms with van der Waals surface area (Å²) in [5.41, 5.74) is 0.460. The summed E-state index contributed by atoms with van der Waals surface area (Å²) in [5, 5.41) is 2.92. The van der Waals surface area contributed by atoms with Crippen molar-refractivity contribution in [2.24, 2.45) is 0 Å². The number of halogens is 1. The summed E-state index contributed by atoms with van der Waals surface area (Å²) in [7, 11) is 1.31. The van der Waals surface area contributed by atoms with Crippen LogP contribution in [0.4, 0.5) is 5.69 Å². The number of carbonyl (C=O) groups is 2. The van der Waals surface area contributed by atoms with Crippen LogP contribution in [0.15, 0.2) is 18.3 Å². The standard InChI is InChI=1S/C13H16ClN3O4/c1-20-13(19)10-7-17(5-6-21-10)8-11(18)16-9-3-2-4-15-12(9)14/h2-4,10H,5-8H2,1H3,(H,16,18). The summed E-state index contributed by atoms with van der Waals surface area (Å²) in [6.45, 7) is 1.41. The van der Waals surface area contributed by atoms with E-state index in [4.69, 9.17) is 16.3 Å². The molecular weight excluding hydrogens is 298 g/mol. The smallest absolute Gasteiger partial charge is 0.336 e. The molecule has 1 amide bonds. The summed E-state index contributed by atoms with van der Waals surface area (Å²) in [5.74, 6) is -0.661. The van der Waals surface area contributed by atoms with Crippen molar-refractivity contribution in [1.29, 1.82) is 0 Å². The van der Waals surface area contributed by atoms with Gasteiger partial charge in [0.2, 0.25) is 5.91 Å². The lowest BCUT2D eigenvalue weighted by molar-refractivity contribution is -0.160. The second kappa shape index (κ2) is 7.35. The number of methoxy groups -OCH3 is 1. The third-order valence-corrected chi connectivity index (χ3v) is 3.32. The Morgan fingerprint density at radius 3 is 3.14 bits per heavy atom. The molecule has 1 N–H and O–H groups in total. The number of nitrogens with one attached hydrogen (secondary N) is 1. The van der Waals surface area contributed by atoms with Gasteiger partial charge in [-0.15, -0.1) is 0 Å². The molecule has 1 aromatic rings. The van der Waals surface area contributed by atoms with Gasteiger partial charge in [-0.25, -0.2) is 9.78 Å². The second-order valence-electron chi connectivity index (χ2n) is 4.51. The lowest BCUT2D eigenvalue weighted by atomic mass is 10.2. The normalized spacial score (nSPS) is 19.0. The molecule has 0 aromatic carbocycles. The van der Waals surface area contributed by atoms with Crippen LogP contribution in [0, 0.1) is 0 Å². The Morgan fingerprint density at radius 2 is 2.43 bits per heavy atom. The Labute approximate surface area is 127 Å². The van der Waals surface area contributed by atoms with Crippen molar-refractivity contribution >= 4 is 29.2 Å². The van der Waals surface area contributed by atoms with E-state index >= 15 is 0 Å². The lowest BCUT2D eigenvalue weighted by Crippen LogP contribution is -2.48. The first-order valence-corrected chi connectivity index (χ1v) is 6.80. The highest BCUT2D eigenvalue weighted by molar-refractivity contribution is 6.32. The molecule has 1 aromatic heterocycles. The van der Waals surface area contributed by atoms with Gasteiger partial charge in [0.1, 0.15) is 0 Å². The molecule has 0 spiro atoms. The van der Waals surface area contributed by atoms with Crippen molar-refractivity contribution < 1.29 is 19.1 Å². The molecule has 0 saturated carbocycles. The monoisotopic (exact) mass is 313 g/mol. The van der Waals surface area contributed by atoms with E-state index in [9.17, 15) is 9.59 Å². The number of aromatic nitrogens is 1. The Hall–Kier alpha value is -1.70. The fourth-order valence-corrected chi connectivity index (χ4v) is 2.16. The molecule has 1 saturated heterocycles. The van der Waals surface area contributed by atoms with E-state index in [1.54, 1.807) is 18.3 Å². The van der Waals surface area contributed by atoms with Crippen LogP contribution in [0.3, 0.4) is 0 Å². The maximum absolute atomic E-state index is 12.0. The van der Waals surface area contributed by atoms with E-state index in [2.05, 4.69) is 15.0 Å².